The second-order valence-corrected chi connectivity index (χ2v) is 37.9. The molecule has 3 N–H and O–H groups in total. The average molecular weight is 1320 g/mol. The third kappa shape index (κ3) is 18.0. The maximum Gasteiger partial charge on any atom is 1.00 e. The molecule has 9 fully saturated rings. The largest absolute Gasteiger partial charge is 1.00 e. The van der Waals surface area contributed by atoms with Crippen LogP contribution >= 0.6 is 7.82 Å². The third-order valence-corrected chi connectivity index (χ3v) is 30.8. The number of hydrogen-bond donors (Lipinski definition) is 3. The van der Waals surface area contributed by atoms with Crippen LogP contribution in [0.2, 0.25) is 0 Å². The summed E-state index contributed by atoms with van der Waals surface area (Å²) in [6, 6.07) is 0. The van der Waals surface area contributed by atoms with Gasteiger partial charge in [0.05, 0.1) is 18.3 Å². The van der Waals surface area contributed by atoms with Crippen LogP contribution in [0.3, 0.4) is 0 Å². The molecule has 12 aliphatic rings. The van der Waals surface area contributed by atoms with Gasteiger partial charge in [0.15, 0.2) is 0 Å². The van der Waals surface area contributed by atoms with Crippen LogP contribution < -0.4 is 103 Å². The van der Waals surface area contributed by atoms with E-state index in [0.717, 1.165) is 145 Å². The number of hydrogen-bond acceptors (Lipinski definition) is 7. The fourth-order valence-electron chi connectivity index (χ4n) is 26.0. The van der Waals surface area contributed by atoms with Crippen LogP contribution in [0.5, 0.6) is 0 Å². The Kier molecular flexibility index (Phi) is 30.9. The van der Waals surface area contributed by atoms with E-state index in [4.69, 9.17) is 19.2 Å². The van der Waals surface area contributed by atoms with E-state index in [-0.39, 0.29) is 107 Å². The van der Waals surface area contributed by atoms with Crippen molar-refractivity contribution < 1.29 is 123 Å². The van der Waals surface area contributed by atoms with Crippen molar-refractivity contribution in [3.63, 3.8) is 0 Å². The van der Waals surface area contributed by atoms with Crippen LogP contribution in [0.15, 0.2) is 34.9 Å². The van der Waals surface area contributed by atoms with Crippen molar-refractivity contribution in [2.75, 3.05) is 0 Å². The Bertz CT molecular complexity index is 2220. The summed E-state index contributed by atoms with van der Waals surface area (Å²) >= 11 is 0. The number of aliphatic hydroxyl groups excluding tert-OH is 3. The molecule has 0 heterocycles. The summed E-state index contributed by atoms with van der Waals surface area (Å²) in [6.07, 6.45) is 51.5. The molecule has 12 aliphatic carbocycles. The van der Waals surface area contributed by atoms with Gasteiger partial charge in [0.25, 0.3) is 0 Å². The molecule has 12 rings (SSSR count). The molecule has 0 spiro atoms. The van der Waals surface area contributed by atoms with Crippen LogP contribution in [0.25, 0.3) is 0 Å². The van der Waals surface area contributed by atoms with E-state index in [2.05, 4.69) is 122 Å². The second-order valence-electron chi connectivity index (χ2n) is 37.0. The number of phosphoric acid groups is 1. The number of rotatable bonds is 15. The fourth-order valence-corrected chi connectivity index (χ4v) is 26.0. The molecule has 24 atom stereocenters. The maximum atomic E-state index is 10.2. The maximum absolute atomic E-state index is 10.2. The van der Waals surface area contributed by atoms with Crippen molar-refractivity contribution in [1.82, 2.24) is 0 Å². The van der Waals surface area contributed by atoms with Gasteiger partial charge in [0.1, 0.15) is 0 Å². The first-order valence-corrected chi connectivity index (χ1v) is 40.1. The Morgan fingerprint density at radius 3 is 0.848 bits per heavy atom. The normalized spacial score (nSPS) is 43.1. The Balaban J connectivity index is 0.000000208. The van der Waals surface area contributed by atoms with Gasteiger partial charge in [-0.05, 0) is 293 Å². The van der Waals surface area contributed by atoms with Gasteiger partial charge < -0.3 is 34.6 Å². The molecule has 0 radical (unpaired) electrons. The Morgan fingerprint density at radius 2 is 0.620 bits per heavy atom. The minimum Gasteiger partial charge on any atom is -0.822 e. The van der Waals surface area contributed by atoms with E-state index in [0.29, 0.717) is 32.5 Å². The molecule has 0 saturated heterocycles. The summed E-state index contributed by atoms with van der Waals surface area (Å²) in [7, 11) is -5.39. The SMILES string of the molecule is CC(C)CCC[C@@H](C)[C@H]1CCC2C3CC=C4CC(O)CC[C@]4(C)C3CC[C@@]21C.CC(C)CCC[C@@H](C)[C@H]1CCC2C3CC=C4CC(O)CC[C@]4(C)C3CC[C@@]21C.CC(C)CCC[C@@H](C)[C@H]1CCC2[C@H]3CC=C4CC(O)CC[C@]4(C)[C@@H]3CC[C@@]21C.O=P([O-])([O-])[O-].[Na+].[Na+].[Na+]. The van der Waals surface area contributed by atoms with Gasteiger partial charge in [0.2, 0.25) is 0 Å². The molecule has 0 aliphatic heterocycles. The molecule has 11 heteroatoms. The monoisotopic (exact) mass is 1320 g/mol. The van der Waals surface area contributed by atoms with Gasteiger partial charge in [-0.15, -0.1) is 0 Å². The van der Waals surface area contributed by atoms with Crippen molar-refractivity contribution in [3.05, 3.63) is 34.9 Å². The summed E-state index contributed by atoms with van der Waals surface area (Å²) in [5, 5.41) is 30.6. The summed E-state index contributed by atoms with van der Waals surface area (Å²) in [4.78, 5) is 25.6. The van der Waals surface area contributed by atoms with E-state index in [1.165, 1.54) is 173 Å². The van der Waals surface area contributed by atoms with Crippen LogP contribution in [0.4, 0.5) is 0 Å². The van der Waals surface area contributed by atoms with Crippen molar-refractivity contribution in [3.8, 4) is 0 Å². The topological polar surface area (TPSA) is 147 Å². The number of aliphatic hydroxyl groups is 3. The summed E-state index contributed by atoms with van der Waals surface area (Å²) in [6.45, 7) is 37.7. The zero-order chi connectivity index (χ0) is 64.8. The molecular weight excluding hydrogens is 1180 g/mol. The van der Waals surface area contributed by atoms with Crippen molar-refractivity contribution in [2.45, 2.75) is 334 Å². The van der Waals surface area contributed by atoms with Gasteiger partial charge in [-0.3, -0.25) is 0 Å². The van der Waals surface area contributed by atoms with Crippen molar-refractivity contribution >= 4 is 7.82 Å². The van der Waals surface area contributed by atoms with Crippen LogP contribution in [0, 0.1) is 139 Å². The summed E-state index contributed by atoms with van der Waals surface area (Å²) < 4.78 is 8.55. The van der Waals surface area contributed by atoms with Crippen LogP contribution in [-0.2, 0) is 4.57 Å². The Morgan fingerprint density at radius 1 is 0.380 bits per heavy atom. The Labute approximate surface area is 632 Å². The van der Waals surface area contributed by atoms with Gasteiger partial charge >= 0.3 is 88.7 Å². The molecule has 512 valence electrons. The average Bonchev–Trinajstić information content (AvgIpc) is 1.37. The molecular formula is C81H138Na3O7P. The zero-order valence-electron chi connectivity index (χ0n) is 63.1. The van der Waals surface area contributed by atoms with Crippen LogP contribution in [-0.4, -0.2) is 33.6 Å². The molecule has 10 unspecified atom stereocenters. The van der Waals surface area contributed by atoms with E-state index in [1.54, 1.807) is 16.7 Å². The van der Waals surface area contributed by atoms with Gasteiger partial charge in [-0.1, -0.05) is 197 Å². The quantitative estimate of drug-likeness (QED) is 0.0841. The molecule has 0 aromatic heterocycles. The summed E-state index contributed by atoms with van der Waals surface area (Å²) in [5.74, 6) is 16.4. The van der Waals surface area contributed by atoms with Crippen LogP contribution in [0.1, 0.15) is 316 Å². The first-order valence-electron chi connectivity index (χ1n) is 38.6. The number of fused-ring (bicyclic) bond motifs is 15. The van der Waals surface area contributed by atoms with E-state index >= 15 is 0 Å². The first kappa shape index (κ1) is 83.2. The van der Waals surface area contributed by atoms with Crippen molar-refractivity contribution in [2.24, 2.45) is 139 Å². The van der Waals surface area contributed by atoms with Gasteiger partial charge in [-0.2, -0.15) is 7.82 Å². The molecule has 7 nitrogen and oxygen atoms in total. The Hall–Kier alpha value is 2.21. The van der Waals surface area contributed by atoms with Gasteiger partial charge in [0, 0.05) is 0 Å². The molecule has 9 saturated carbocycles. The van der Waals surface area contributed by atoms with Gasteiger partial charge in [-0.25, -0.2) is 0 Å². The zero-order valence-corrected chi connectivity index (χ0v) is 70.0. The first-order chi connectivity index (χ1) is 41.8. The molecule has 0 bridgehead atoms. The summed E-state index contributed by atoms with van der Waals surface area (Å²) in [5.41, 5.74) is 7.81. The van der Waals surface area contributed by atoms with E-state index in [1.807, 2.05) is 0 Å². The standard InChI is InChI=1S/3C27H46O.3Na.H3O4P/c3*1-18(2)7-6-8-19(3)23-11-12-24-22-10-9-20-17-21(28)13-15-26(20,4)25(22)14-16-27(23,24)5;;;;1-5(2,3)4/h3*9,18-19,21-25,28H,6-8,10-17H2,1-5H3;;;;(H3,1,2,3,4)/q;;;3*+1;/p-3/t2*19-,21?,22?,23-,24?,25?,26+,27-;19-,21?,22-,23-,24?,25-,26+,27-;;;;/m111..../s1. The minimum absolute atomic E-state index is 0. The second kappa shape index (κ2) is 34.2. The third-order valence-electron chi connectivity index (χ3n) is 30.8. The molecule has 0 aromatic rings. The smallest absolute Gasteiger partial charge is 0.822 e. The molecule has 92 heavy (non-hydrogen) atoms. The predicted molar refractivity (Wildman–Crippen MR) is 365 cm³/mol. The van der Waals surface area contributed by atoms with E-state index < -0.39 is 7.82 Å². The fraction of sp³-hybridized carbons (Fsp3) is 0.926. The number of allylic oxidation sites excluding steroid dienone is 3. The minimum atomic E-state index is -5.39. The molecule has 0 aromatic carbocycles. The predicted octanol–water partition coefficient (Wildman–Crippen LogP) is 10.4. The van der Waals surface area contributed by atoms with E-state index in [9.17, 15) is 15.3 Å². The molecule has 0 amide bonds. The van der Waals surface area contributed by atoms with Crippen molar-refractivity contribution in [1.29, 1.82) is 0 Å².